The molecule has 4 nitrogen and oxygen atoms in total. The van der Waals surface area contributed by atoms with Crippen LogP contribution in [-0.2, 0) is 9.59 Å². The standard InChI is InChI=1S/C21H38O4S/c1-4-5-14-21(2,3)19(23)15-26-18-13-12-17(22)16(18)10-8-6-7-9-11-20(24)25/h16,18-19,23H,4-15H2,1-3H3,(H,24,25). The summed E-state index contributed by atoms with van der Waals surface area (Å²) in [5.74, 6) is 0.495. The highest BCUT2D eigenvalue weighted by atomic mass is 32.2. The van der Waals surface area contributed by atoms with E-state index in [2.05, 4.69) is 20.8 Å². The number of hydrogen-bond acceptors (Lipinski definition) is 4. The largest absolute Gasteiger partial charge is 0.481 e. The van der Waals surface area contributed by atoms with Gasteiger partial charge in [0.15, 0.2) is 0 Å². The first-order valence-corrected chi connectivity index (χ1v) is 11.4. The van der Waals surface area contributed by atoms with E-state index in [-0.39, 0.29) is 23.9 Å². The zero-order chi connectivity index (χ0) is 19.6. The summed E-state index contributed by atoms with van der Waals surface area (Å²) in [5, 5.41) is 19.6. The van der Waals surface area contributed by atoms with E-state index in [1.807, 2.05) is 0 Å². The minimum absolute atomic E-state index is 0.0642. The monoisotopic (exact) mass is 386 g/mol. The van der Waals surface area contributed by atoms with Gasteiger partial charge in [-0.05, 0) is 31.1 Å². The van der Waals surface area contributed by atoms with E-state index >= 15 is 0 Å². The summed E-state index contributed by atoms with van der Waals surface area (Å²) in [5.41, 5.74) is -0.0642. The summed E-state index contributed by atoms with van der Waals surface area (Å²) in [7, 11) is 0. The molecular weight excluding hydrogens is 348 g/mol. The third-order valence-electron chi connectivity index (χ3n) is 5.74. The fourth-order valence-electron chi connectivity index (χ4n) is 3.66. The second-order valence-electron chi connectivity index (χ2n) is 8.44. The number of carbonyl (C=O) groups is 2. The molecule has 1 rings (SSSR count). The molecule has 152 valence electrons. The minimum Gasteiger partial charge on any atom is -0.481 e. The normalized spacial score (nSPS) is 21.9. The van der Waals surface area contributed by atoms with Crippen molar-refractivity contribution in [2.24, 2.45) is 11.3 Å². The number of aliphatic hydroxyl groups excluding tert-OH is 1. The van der Waals surface area contributed by atoms with E-state index < -0.39 is 5.97 Å². The summed E-state index contributed by atoms with van der Waals surface area (Å²) in [6, 6.07) is 0. The van der Waals surface area contributed by atoms with Gasteiger partial charge in [-0.15, -0.1) is 0 Å². The predicted molar refractivity (Wildman–Crippen MR) is 109 cm³/mol. The molecule has 0 saturated heterocycles. The summed E-state index contributed by atoms with van der Waals surface area (Å²) in [4.78, 5) is 22.7. The second-order valence-corrected chi connectivity index (χ2v) is 9.71. The highest BCUT2D eigenvalue weighted by Gasteiger charge is 2.36. The van der Waals surface area contributed by atoms with Crippen LogP contribution in [0, 0.1) is 11.3 Å². The number of aliphatic carboxylic acids is 1. The van der Waals surface area contributed by atoms with Gasteiger partial charge in [-0.3, -0.25) is 9.59 Å². The molecule has 3 atom stereocenters. The van der Waals surface area contributed by atoms with Crippen LogP contribution in [-0.4, -0.2) is 39.1 Å². The summed E-state index contributed by atoms with van der Waals surface area (Å²) >= 11 is 1.79. The lowest BCUT2D eigenvalue weighted by Crippen LogP contribution is -2.32. The summed E-state index contributed by atoms with van der Waals surface area (Å²) in [6.07, 6.45) is 9.42. The maximum absolute atomic E-state index is 12.2. The number of carboxylic acid groups (broad SMARTS) is 1. The Morgan fingerprint density at radius 2 is 1.92 bits per heavy atom. The molecule has 0 aromatic rings. The minimum atomic E-state index is -0.729. The molecule has 3 unspecified atom stereocenters. The SMILES string of the molecule is CCCCC(C)(C)C(O)CSC1CCC(=O)C1CCCCCCC(=O)O. The maximum atomic E-state index is 12.2. The van der Waals surface area contributed by atoms with Gasteiger partial charge in [0.1, 0.15) is 5.78 Å². The zero-order valence-corrected chi connectivity index (χ0v) is 17.7. The predicted octanol–water partition coefficient (Wildman–Crippen LogP) is 5.07. The first-order valence-electron chi connectivity index (χ1n) is 10.3. The molecular formula is C21H38O4S. The van der Waals surface area contributed by atoms with Crippen LogP contribution in [0.5, 0.6) is 0 Å². The van der Waals surface area contributed by atoms with Crippen LogP contribution < -0.4 is 0 Å². The topological polar surface area (TPSA) is 74.6 Å². The average Bonchev–Trinajstić information content (AvgIpc) is 2.93. The first-order chi connectivity index (χ1) is 12.3. The van der Waals surface area contributed by atoms with Gasteiger partial charge in [0, 0.05) is 29.8 Å². The Morgan fingerprint density at radius 3 is 2.58 bits per heavy atom. The number of rotatable bonds is 14. The van der Waals surface area contributed by atoms with Crippen molar-refractivity contribution < 1.29 is 19.8 Å². The summed E-state index contributed by atoms with van der Waals surface area (Å²) in [6.45, 7) is 6.46. The third kappa shape index (κ3) is 8.43. The molecule has 1 aliphatic rings. The number of carbonyl (C=O) groups excluding carboxylic acids is 1. The van der Waals surface area contributed by atoms with Gasteiger partial charge in [-0.2, -0.15) is 11.8 Å². The summed E-state index contributed by atoms with van der Waals surface area (Å²) < 4.78 is 0. The lowest BCUT2D eigenvalue weighted by Gasteiger charge is -2.31. The van der Waals surface area contributed by atoms with Crippen LogP contribution in [0.4, 0.5) is 0 Å². The molecule has 1 aliphatic carbocycles. The molecule has 0 aromatic heterocycles. The lowest BCUT2D eigenvalue weighted by molar-refractivity contribution is -0.137. The van der Waals surface area contributed by atoms with Crippen LogP contribution in [0.15, 0.2) is 0 Å². The number of unbranched alkanes of at least 4 members (excludes halogenated alkanes) is 4. The van der Waals surface area contributed by atoms with Gasteiger partial charge in [0.2, 0.25) is 0 Å². The molecule has 1 fully saturated rings. The Balaban J connectivity index is 2.33. The van der Waals surface area contributed by atoms with Gasteiger partial charge in [0.05, 0.1) is 6.10 Å². The van der Waals surface area contributed by atoms with Crippen LogP contribution in [0.25, 0.3) is 0 Å². The average molecular weight is 387 g/mol. The Morgan fingerprint density at radius 1 is 1.23 bits per heavy atom. The second kappa shape index (κ2) is 12.0. The molecule has 0 radical (unpaired) electrons. The van der Waals surface area contributed by atoms with Gasteiger partial charge in [0.25, 0.3) is 0 Å². The number of carboxylic acids is 1. The van der Waals surface area contributed by atoms with Crippen LogP contribution >= 0.6 is 11.8 Å². The maximum Gasteiger partial charge on any atom is 0.303 e. The Bertz CT molecular complexity index is 436. The zero-order valence-electron chi connectivity index (χ0n) is 16.8. The molecule has 5 heteroatoms. The van der Waals surface area contributed by atoms with Gasteiger partial charge >= 0.3 is 5.97 Å². The van der Waals surface area contributed by atoms with E-state index in [0.717, 1.165) is 57.8 Å². The number of hydrogen-bond donors (Lipinski definition) is 2. The highest BCUT2D eigenvalue weighted by Crippen LogP contribution is 2.38. The fourth-order valence-corrected chi connectivity index (χ4v) is 5.34. The Labute approximate surface area is 163 Å². The van der Waals surface area contributed by atoms with E-state index in [4.69, 9.17) is 5.11 Å². The fraction of sp³-hybridized carbons (Fsp3) is 0.905. The van der Waals surface area contributed by atoms with Crippen molar-refractivity contribution in [3.8, 4) is 0 Å². The van der Waals surface area contributed by atoms with Crippen molar-refractivity contribution in [1.29, 1.82) is 0 Å². The number of ketones is 1. The molecule has 0 spiro atoms. The van der Waals surface area contributed by atoms with E-state index in [0.29, 0.717) is 23.2 Å². The molecule has 1 saturated carbocycles. The molecule has 0 heterocycles. The van der Waals surface area contributed by atoms with Crippen LogP contribution in [0.1, 0.15) is 91.4 Å². The Hall–Kier alpha value is -0.550. The van der Waals surface area contributed by atoms with Crippen molar-refractivity contribution in [2.75, 3.05) is 5.75 Å². The first kappa shape index (κ1) is 23.5. The van der Waals surface area contributed by atoms with Gasteiger partial charge in [-0.25, -0.2) is 0 Å². The number of Topliss-reactive ketones (excluding diaryl/α,β-unsaturated/α-hetero) is 1. The van der Waals surface area contributed by atoms with Crippen molar-refractivity contribution in [3.05, 3.63) is 0 Å². The molecule has 2 N–H and O–H groups in total. The van der Waals surface area contributed by atoms with Crippen molar-refractivity contribution in [2.45, 2.75) is 103 Å². The van der Waals surface area contributed by atoms with Gasteiger partial charge < -0.3 is 10.2 Å². The lowest BCUT2D eigenvalue weighted by atomic mass is 9.82. The van der Waals surface area contributed by atoms with Gasteiger partial charge in [-0.1, -0.05) is 52.9 Å². The molecule has 0 aliphatic heterocycles. The van der Waals surface area contributed by atoms with Crippen LogP contribution in [0.3, 0.4) is 0 Å². The molecule has 26 heavy (non-hydrogen) atoms. The molecule has 0 bridgehead atoms. The highest BCUT2D eigenvalue weighted by molar-refractivity contribution is 8.00. The van der Waals surface area contributed by atoms with Crippen molar-refractivity contribution >= 4 is 23.5 Å². The quantitative estimate of drug-likeness (QED) is 0.408. The third-order valence-corrected chi connectivity index (χ3v) is 7.24. The molecule has 0 aromatic carbocycles. The smallest absolute Gasteiger partial charge is 0.303 e. The Kier molecular flexibility index (Phi) is 10.9. The number of thioether (sulfide) groups is 1. The van der Waals surface area contributed by atoms with E-state index in [9.17, 15) is 14.7 Å². The van der Waals surface area contributed by atoms with Crippen molar-refractivity contribution in [1.82, 2.24) is 0 Å². The van der Waals surface area contributed by atoms with E-state index in [1.54, 1.807) is 11.8 Å². The number of aliphatic hydroxyl groups is 1. The van der Waals surface area contributed by atoms with Crippen molar-refractivity contribution in [3.63, 3.8) is 0 Å². The molecule has 0 amide bonds. The van der Waals surface area contributed by atoms with E-state index in [1.165, 1.54) is 0 Å². The van der Waals surface area contributed by atoms with Crippen LogP contribution in [0.2, 0.25) is 0 Å².